The van der Waals surface area contributed by atoms with Gasteiger partial charge < -0.3 is 51.2 Å². The minimum atomic E-state index is -5.08. The van der Waals surface area contributed by atoms with Crippen molar-refractivity contribution in [2.24, 2.45) is 0 Å². The molecule has 6 aromatic rings. The Morgan fingerprint density at radius 1 is 0.862 bits per heavy atom. The molecule has 1 aliphatic carbocycles. The second-order valence-corrected chi connectivity index (χ2v) is 15.4. The molecule has 3 amide bonds. The number of aliphatic hydroxyl groups excluding tert-OH is 3. The predicted octanol–water partition coefficient (Wildman–Crippen LogP) is 3.00. The molecule has 19 nitrogen and oxygen atoms in total. The molecule has 8 rings (SSSR count). The van der Waals surface area contributed by atoms with Gasteiger partial charge in [-0.05, 0) is 36.1 Å². The van der Waals surface area contributed by atoms with Gasteiger partial charge in [0, 0.05) is 62.6 Å². The zero-order valence-corrected chi connectivity index (χ0v) is 34.7. The van der Waals surface area contributed by atoms with Gasteiger partial charge in [0.05, 0.1) is 31.2 Å². The standard InChI is InChI=1S/C41H46N12O5.C2HF3O2/c54-24-26-20-47-53(22-26)32-19-31(35(55)36(32)56)52-25-46-34-37(45-21-30(27-9-3-1-4-10-27)28-11-5-2-6-12-28)49-38(50-39(34)52)40(57)43-16-17-44-41(58)48-29-14-18-51(23-29)33-13-7-8-15-42-33;3-2(4,5)1(6)7/h1-13,15,20,22,25,29-32,35-36,54-56H,14,16-19,21,23-24H2,(H,43,57)(H2,44,48,58)(H,45,49,50);(H,6,7)/t29-,31+,32-,35-,36+;/m0./s1. The van der Waals surface area contributed by atoms with Crippen LogP contribution >= 0.6 is 0 Å². The third kappa shape index (κ3) is 11.1. The van der Waals surface area contributed by atoms with Crippen LogP contribution in [0.25, 0.3) is 11.2 Å². The molecule has 65 heavy (non-hydrogen) atoms. The fourth-order valence-corrected chi connectivity index (χ4v) is 7.84. The fourth-order valence-electron chi connectivity index (χ4n) is 7.84. The summed E-state index contributed by atoms with van der Waals surface area (Å²) in [6, 6.07) is 24.3. The number of fused-ring (bicyclic) bond motifs is 1. The zero-order chi connectivity index (χ0) is 46.1. The van der Waals surface area contributed by atoms with Crippen molar-refractivity contribution >= 4 is 40.7 Å². The van der Waals surface area contributed by atoms with Crippen molar-refractivity contribution in [1.82, 2.24) is 50.2 Å². The van der Waals surface area contributed by atoms with Gasteiger partial charge in [-0.3, -0.25) is 9.48 Å². The van der Waals surface area contributed by atoms with E-state index in [1.807, 2.05) is 54.6 Å². The highest BCUT2D eigenvalue weighted by Crippen LogP contribution is 2.40. The van der Waals surface area contributed by atoms with Gasteiger partial charge in [0.25, 0.3) is 5.91 Å². The summed E-state index contributed by atoms with van der Waals surface area (Å²) >= 11 is 0. The number of benzene rings is 2. The zero-order valence-electron chi connectivity index (χ0n) is 34.7. The first-order valence-corrected chi connectivity index (χ1v) is 20.7. The van der Waals surface area contributed by atoms with Gasteiger partial charge in [0.1, 0.15) is 23.5 Å². The fraction of sp³-hybridized carbons (Fsp3) is 0.349. The van der Waals surface area contributed by atoms with Crippen LogP contribution in [0.4, 0.5) is 29.6 Å². The van der Waals surface area contributed by atoms with E-state index in [4.69, 9.17) is 9.90 Å². The molecule has 1 saturated carbocycles. The predicted molar refractivity (Wildman–Crippen MR) is 229 cm³/mol. The Hall–Kier alpha value is -7.17. The van der Waals surface area contributed by atoms with Gasteiger partial charge in [0.2, 0.25) is 5.82 Å². The first kappa shape index (κ1) is 45.8. The maximum Gasteiger partial charge on any atom is 0.490 e. The van der Waals surface area contributed by atoms with Crippen LogP contribution in [0, 0.1) is 0 Å². The van der Waals surface area contributed by atoms with E-state index in [1.165, 1.54) is 12.5 Å². The summed E-state index contributed by atoms with van der Waals surface area (Å²) < 4.78 is 34.9. The number of rotatable bonds is 14. The van der Waals surface area contributed by atoms with Crippen molar-refractivity contribution in [2.45, 2.75) is 61.9 Å². The van der Waals surface area contributed by atoms with Crippen molar-refractivity contribution in [3.8, 4) is 0 Å². The van der Waals surface area contributed by atoms with E-state index < -0.39 is 42.3 Å². The highest BCUT2D eigenvalue weighted by atomic mass is 19.4. The quantitative estimate of drug-likeness (QED) is 0.0732. The third-order valence-electron chi connectivity index (χ3n) is 11.1. The summed E-state index contributed by atoms with van der Waals surface area (Å²) in [5.74, 6) is -2.34. The highest BCUT2D eigenvalue weighted by molar-refractivity contribution is 5.94. The summed E-state index contributed by atoms with van der Waals surface area (Å²) in [5, 5.41) is 55.5. The Morgan fingerprint density at radius 3 is 2.15 bits per heavy atom. The number of urea groups is 1. The summed E-state index contributed by atoms with van der Waals surface area (Å²) in [5.41, 5.74) is 3.43. The van der Waals surface area contributed by atoms with Crippen LogP contribution in [0.15, 0.2) is 104 Å². The SMILES string of the molecule is O=C(NCCNC(=O)c1nc(NCC(c2ccccc2)c2ccccc2)c2ncn([C@@H]3C[C@H](n4cc(CO)cn4)[C@@H](O)[C@H]3O)c2n1)N[C@H]1CCN(c2ccccn2)C1.O=C(O)C(F)(F)F. The highest BCUT2D eigenvalue weighted by Gasteiger charge is 2.45. The van der Waals surface area contributed by atoms with Gasteiger partial charge >= 0.3 is 18.2 Å². The molecular formula is C43H47F3N12O7. The number of carbonyl (C=O) groups is 3. The number of hydrogen-bond acceptors (Lipinski definition) is 13. The lowest BCUT2D eigenvalue weighted by Gasteiger charge is -2.20. The van der Waals surface area contributed by atoms with Gasteiger partial charge in [-0.2, -0.15) is 18.3 Å². The minimum Gasteiger partial charge on any atom is -0.475 e. The maximum atomic E-state index is 13.7. The van der Waals surface area contributed by atoms with E-state index in [1.54, 1.807) is 21.6 Å². The number of anilines is 2. The Kier molecular flexibility index (Phi) is 14.5. The number of aromatic nitrogens is 7. The summed E-state index contributed by atoms with van der Waals surface area (Å²) in [6.45, 7) is 1.91. The molecule has 0 unspecified atom stereocenters. The molecule has 4 aromatic heterocycles. The molecule has 1 saturated heterocycles. The topological polar surface area (TPSA) is 258 Å². The molecule has 0 radical (unpaired) electrons. The number of pyridine rings is 1. The number of aliphatic carboxylic acids is 1. The van der Waals surface area contributed by atoms with Gasteiger partial charge in [0.15, 0.2) is 11.5 Å². The molecule has 0 spiro atoms. The third-order valence-corrected chi connectivity index (χ3v) is 11.1. The number of nitrogens with one attached hydrogen (secondary N) is 4. The van der Waals surface area contributed by atoms with Gasteiger partial charge in [-0.25, -0.2) is 29.5 Å². The Morgan fingerprint density at radius 2 is 1.52 bits per heavy atom. The van der Waals surface area contributed by atoms with Crippen LogP contribution < -0.4 is 26.2 Å². The van der Waals surface area contributed by atoms with E-state index in [9.17, 15) is 38.1 Å². The lowest BCUT2D eigenvalue weighted by Crippen LogP contribution is -2.45. The van der Waals surface area contributed by atoms with Crippen LogP contribution in [0.1, 0.15) is 58.2 Å². The summed E-state index contributed by atoms with van der Waals surface area (Å²) in [6.07, 6.45) is 0.0263. The van der Waals surface area contributed by atoms with Gasteiger partial charge in [-0.1, -0.05) is 66.7 Å². The molecule has 5 heterocycles. The molecule has 8 N–H and O–H groups in total. The Bertz CT molecular complexity index is 2490. The number of imidazole rings is 1. The van der Waals surface area contributed by atoms with Crippen molar-refractivity contribution in [3.63, 3.8) is 0 Å². The number of alkyl halides is 3. The smallest absolute Gasteiger partial charge is 0.475 e. The second-order valence-electron chi connectivity index (χ2n) is 15.4. The molecule has 2 fully saturated rings. The van der Waals surface area contributed by atoms with E-state index in [-0.39, 0.29) is 49.9 Å². The average molecular weight is 901 g/mol. The van der Waals surface area contributed by atoms with Crippen molar-refractivity contribution in [2.75, 3.05) is 42.9 Å². The Balaban J connectivity index is 0.000000833. The minimum absolute atomic E-state index is 0.0387. The summed E-state index contributed by atoms with van der Waals surface area (Å²) in [4.78, 5) is 55.8. The normalized spacial score (nSPS) is 19.4. The number of carboxylic acid groups (broad SMARTS) is 1. The lowest BCUT2D eigenvalue weighted by atomic mass is 9.91. The first-order chi connectivity index (χ1) is 31.3. The van der Waals surface area contributed by atoms with Crippen molar-refractivity contribution in [1.29, 1.82) is 0 Å². The number of amides is 3. The first-order valence-electron chi connectivity index (χ1n) is 20.7. The maximum absolute atomic E-state index is 13.7. The molecule has 5 atom stereocenters. The van der Waals surface area contributed by atoms with Crippen LogP contribution in [-0.2, 0) is 11.4 Å². The molecule has 2 aliphatic rings. The van der Waals surface area contributed by atoms with Crippen LogP contribution in [-0.4, -0.2) is 130 Å². The number of carbonyl (C=O) groups excluding carboxylic acids is 2. The second kappa shape index (κ2) is 20.6. The molecule has 0 bridgehead atoms. The monoisotopic (exact) mass is 900 g/mol. The van der Waals surface area contributed by atoms with E-state index >= 15 is 0 Å². The van der Waals surface area contributed by atoms with Crippen LogP contribution in [0.2, 0.25) is 0 Å². The van der Waals surface area contributed by atoms with E-state index in [0.717, 1.165) is 29.9 Å². The number of aliphatic hydroxyl groups is 3. The number of hydrogen-bond donors (Lipinski definition) is 8. The molecule has 22 heteroatoms. The van der Waals surface area contributed by atoms with Crippen LogP contribution in [0.3, 0.4) is 0 Å². The number of halogens is 3. The average Bonchev–Trinajstić information content (AvgIpc) is 4.13. The molecular weight excluding hydrogens is 854 g/mol. The molecule has 1 aliphatic heterocycles. The van der Waals surface area contributed by atoms with Crippen molar-refractivity contribution < 1.29 is 48.0 Å². The van der Waals surface area contributed by atoms with E-state index in [0.29, 0.717) is 35.6 Å². The molecule has 342 valence electrons. The summed E-state index contributed by atoms with van der Waals surface area (Å²) in [7, 11) is 0. The number of nitrogens with zero attached hydrogens (tertiary/aromatic N) is 8. The molecule has 2 aromatic carbocycles. The largest absolute Gasteiger partial charge is 0.490 e. The lowest BCUT2D eigenvalue weighted by molar-refractivity contribution is -0.192. The Labute approximate surface area is 369 Å². The van der Waals surface area contributed by atoms with Gasteiger partial charge in [-0.15, -0.1) is 0 Å². The number of carboxylic acids is 1. The van der Waals surface area contributed by atoms with Crippen molar-refractivity contribution in [3.05, 3.63) is 126 Å². The van der Waals surface area contributed by atoms with Crippen LogP contribution in [0.5, 0.6) is 0 Å². The van der Waals surface area contributed by atoms with E-state index in [2.05, 4.69) is 75.5 Å².